The van der Waals surface area contributed by atoms with Gasteiger partial charge in [-0.15, -0.1) is 0 Å². The number of urea groups is 1. The van der Waals surface area contributed by atoms with Gasteiger partial charge < -0.3 is 10.6 Å². The first-order valence-corrected chi connectivity index (χ1v) is 9.01. The van der Waals surface area contributed by atoms with Gasteiger partial charge in [-0.2, -0.15) is 0 Å². The second-order valence-corrected chi connectivity index (χ2v) is 7.49. The monoisotopic (exact) mass is 335 g/mol. The molecule has 5 heteroatoms. The third-order valence-corrected chi connectivity index (χ3v) is 5.32. The number of hydrogen-bond acceptors (Lipinski definition) is 2. The molecule has 1 aromatic rings. The van der Waals surface area contributed by atoms with E-state index in [2.05, 4.69) is 29.4 Å². The van der Waals surface area contributed by atoms with E-state index in [4.69, 9.17) is 11.6 Å². The van der Waals surface area contributed by atoms with Crippen molar-refractivity contribution in [2.24, 2.45) is 0 Å². The van der Waals surface area contributed by atoms with Crippen LogP contribution in [0.5, 0.6) is 0 Å². The van der Waals surface area contributed by atoms with Crippen LogP contribution in [0.3, 0.4) is 0 Å². The summed E-state index contributed by atoms with van der Waals surface area (Å²) >= 11 is 5.86. The Bertz CT molecular complexity index is 532. The van der Waals surface area contributed by atoms with Gasteiger partial charge in [-0.3, -0.25) is 4.90 Å². The number of carbonyl (C=O) groups excluding carboxylic acids is 1. The lowest BCUT2D eigenvalue weighted by Crippen LogP contribution is -2.59. The molecule has 0 radical (unpaired) electrons. The second kappa shape index (κ2) is 7.10. The molecule has 1 aromatic carbocycles. The number of hydrogen-bond donors (Lipinski definition) is 2. The van der Waals surface area contributed by atoms with Crippen molar-refractivity contribution in [2.45, 2.75) is 70.1 Å². The number of nitrogens with one attached hydrogen (secondary N) is 2. The van der Waals surface area contributed by atoms with Crippen LogP contribution in [0.4, 0.5) is 10.5 Å². The van der Waals surface area contributed by atoms with Gasteiger partial charge >= 0.3 is 6.03 Å². The Kier molecular flexibility index (Phi) is 5.12. The summed E-state index contributed by atoms with van der Waals surface area (Å²) in [6, 6.07) is 9.17. The maximum Gasteiger partial charge on any atom is 0.319 e. The molecule has 4 nitrogen and oxygen atoms in total. The van der Waals surface area contributed by atoms with Crippen LogP contribution < -0.4 is 10.6 Å². The highest BCUT2D eigenvalue weighted by Crippen LogP contribution is 2.35. The zero-order valence-corrected chi connectivity index (χ0v) is 14.6. The van der Waals surface area contributed by atoms with Crippen LogP contribution in [0, 0.1) is 0 Å². The van der Waals surface area contributed by atoms with Gasteiger partial charge in [-0.25, -0.2) is 4.79 Å². The highest BCUT2D eigenvalue weighted by molar-refractivity contribution is 6.30. The maximum atomic E-state index is 12.2. The fourth-order valence-corrected chi connectivity index (χ4v) is 4.39. The summed E-state index contributed by atoms with van der Waals surface area (Å²) in [5.74, 6) is 0. The van der Waals surface area contributed by atoms with Crippen LogP contribution in [0.15, 0.2) is 24.3 Å². The standard InChI is InChI=1S/C18H26ClN3O/c1-12(2)22-16-4-3-5-17(22)11-15(10-16)21-18(23)20-14-8-6-13(19)7-9-14/h6-9,12,15-17H,3-5,10-11H2,1-2H3,(H2,20,21,23). The van der Waals surface area contributed by atoms with Crippen molar-refractivity contribution in [1.29, 1.82) is 0 Å². The number of anilines is 1. The van der Waals surface area contributed by atoms with Gasteiger partial charge in [-0.1, -0.05) is 18.0 Å². The molecule has 2 bridgehead atoms. The third-order valence-electron chi connectivity index (χ3n) is 5.06. The highest BCUT2D eigenvalue weighted by Gasteiger charge is 2.39. The van der Waals surface area contributed by atoms with E-state index in [1.807, 2.05) is 12.1 Å². The van der Waals surface area contributed by atoms with Crippen molar-refractivity contribution in [3.05, 3.63) is 29.3 Å². The molecule has 2 amide bonds. The largest absolute Gasteiger partial charge is 0.335 e. The van der Waals surface area contributed by atoms with Crippen LogP contribution >= 0.6 is 11.6 Å². The minimum atomic E-state index is -0.117. The zero-order chi connectivity index (χ0) is 16.4. The lowest BCUT2D eigenvalue weighted by Gasteiger charge is -2.51. The lowest BCUT2D eigenvalue weighted by atomic mass is 9.81. The number of amides is 2. The van der Waals surface area contributed by atoms with Crippen molar-refractivity contribution >= 4 is 23.3 Å². The number of benzene rings is 1. The van der Waals surface area contributed by atoms with E-state index < -0.39 is 0 Å². The van der Waals surface area contributed by atoms with Gasteiger partial charge in [-0.05, 0) is 63.8 Å². The fourth-order valence-electron chi connectivity index (χ4n) is 4.26. The lowest BCUT2D eigenvalue weighted by molar-refractivity contribution is 0.00233. The Morgan fingerprint density at radius 1 is 1.17 bits per heavy atom. The van der Waals surface area contributed by atoms with Crippen molar-refractivity contribution in [1.82, 2.24) is 10.2 Å². The first-order chi connectivity index (χ1) is 11.0. The topological polar surface area (TPSA) is 44.4 Å². The number of nitrogens with zero attached hydrogens (tertiary/aromatic N) is 1. The summed E-state index contributed by atoms with van der Waals surface area (Å²) in [6.45, 7) is 4.57. The summed E-state index contributed by atoms with van der Waals surface area (Å²) in [4.78, 5) is 14.9. The predicted octanol–water partition coefficient (Wildman–Crippen LogP) is 4.26. The molecule has 23 heavy (non-hydrogen) atoms. The molecule has 2 atom stereocenters. The van der Waals surface area contributed by atoms with E-state index in [1.165, 1.54) is 19.3 Å². The van der Waals surface area contributed by atoms with Crippen molar-refractivity contribution in [2.75, 3.05) is 5.32 Å². The first kappa shape index (κ1) is 16.6. The van der Waals surface area contributed by atoms with E-state index in [1.54, 1.807) is 12.1 Å². The third kappa shape index (κ3) is 3.99. The Labute approximate surface area is 143 Å². The quantitative estimate of drug-likeness (QED) is 0.867. The van der Waals surface area contributed by atoms with E-state index in [0.29, 0.717) is 23.1 Å². The Balaban J connectivity index is 1.56. The van der Waals surface area contributed by atoms with Crippen molar-refractivity contribution < 1.29 is 4.79 Å². The maximum absolute atomic E-state index is 12.2. The van der Waals surface area contributed by atoms with Crippen LogP contribution in [-0.4, -0.2) is 35.1 Å². The normalized spacial score (nSPS) is 27.7. The van der Waals surface area contributed by atoms with Crippen LogP contribution in [-0.2, 0) is 0 Å². The Hall–Kier alpha value is -1.26. The van der Waals surface area contributed by atoms with Gasteiger partial charge in [0.05, 0.1) is 0 Å². The van der Waals surface area contributed by atoms with E-state index >= 15 is 0 Å². The molecule has 2 aliphatic rings. The summed E-state index contributed by atoms with van der Waals surface area (Å²) in [5.41, 5.74) is 0.770. The van der Waals surface area contributed by atoms with Crippen LogP contribution in [0.1, 0.15) is 46.0 Å². The Morgan fingerprint density at radius 3 is 2.35 bits per heavy atom. The van der Waals surface area contributed by atoms with Gasteiger partial charge in [0, 0.05) is 34.9 Å². The number of piperidine rings is 2. The SMILES string of the molecule is CC(C)N1C2CCCC1CC(NC(=O)Nc1ccc(Cl)cc1)C2. The summed E-state index contributed by atoms with van der Waals surface area (Å²) in [5, 5.41) is 6.73. The minimum Gasteiger partial charge on any atom is -0.335 e. The molecule has 0 spiro atoms. The number of carbonyl (C=O) groups is 1. The molecule has 2 N–H and O–H groups in total. The molecule has 2 saturated heterocycles. The van der Waals surface area contributed by atoms with E-state index in [0.717, 1.165) is 18.5 Å². The zero-order valence-electron chi connectivity index (χ0n) is 13.9. The van der Waals surface area contributed by atoms with Crippen LogP contribution in [0.25, 0.3) is 0 Å². The minimum absolute atomic E-state index is 0.117. The molecule has 0 saturated carbocycles. The number of rotatable bonds is 3. The van der Waals surface area contributed by atoms with Gasteiger partial charge in [0.2, 0.25) is 0 Å². The fraction of sp³-hybridized carbons (Fsp3) is 0.611. The van der Waals surface area contributed by atoms with Crippen LogP contribution in [0.2, 0.25) is 5.02 Å². The molecule has 126 valence electrons. The van der Waals surface area contributed by atoms with E-state index in [-0.39, 0.29) is 12.1 Å². The predicted molar refractivity (Wildman–Crippen MR) is 95.0 cm³/mol. The number of halogens is 1. The molecule has 3 rings (SSSR count). The molecule has 2 heterocycles. The molecule has 2 unspecified atom stereocenters. The second-order valence-electron chi connectivity index (χ2n) is 7.05. The molecule has 2 fully saturated rings. The van der Waals surface area contributed by atoms with Gasteiger partial charge in [0.15, 0.2) is 0 Å². The molecule has 2 aliphatic heterocycles. The molecule has 0 aromatic heterocycles. The molecule has 0 aliphatic carbocycles. The summed E-state index contributed by atoms with van der Waals surface area (Å²) < 4.78 is 0. The van der Waals surface area contributed by atoms with Crippen molar-refractivity contribution in [3.63, 3.8) is 0 Å². The van der Waals surface area contributed by atoms with Gasteiger partial charge in [0.1, 0.15) is 0 Å². The summed E-state index contributed by atoms with van der Waals surface area (Å²) in [6.07, 6.45) is 5.95. The first-order valence-electron chi connectivity index (χ1n) is 8.63. The molecular weight excluding hydrogens is 310 g/mol. The molecular formula is C18H26ClN3O. The smallest absolute Gasteiger partial charge is 0.319 e. The van der Waals surface area contributed by atoms with E-state index in [9.17, 15) is 4.79 Å². The highest BCUT2D eigenvalue weighted by atomic mass is 35.5. The average Bonchev–Trinajstić information content (AvgIpc) is 2.48. The van der Waals surface area contributed by atoms with Gasteiger partial charge in [0.25, 0.3) is 0 Å². The number of fused-ring (bicyclic) bond motifs is 2. The van der Waals surface area contributed by atoms with Crippen molar-refractivity contribution in [3.8, 4) is 0 Å². The summed E-state index contributed by atoms with van der Waals surface area (Å²) in [7, 11) is 0. The Morgan fingerprint density at radius 2 is 1.78 bits per heavy atom. The average molecular weight is 336 g/mol.